The summed E-state index contributed by atoms with van der Waals surface area (Å²) in [7, 11) is 0. The average Bonchev–Trinajstić information content (AvgIpc) is 2.95. The fraction of sp³-hybridized carbons (Fsp3) is 0.500. The third-order valence-corrected chi connectivity index (χ3v) is 4.23. The number of carbonyl (C=O) groups is 1. The molecule has 0 bridgehead atoms. The number of carbonyl (C=O) groups excluding carboxylic acids is 1. The summed E-state index contributed by atoms with van der Waals surface area (Å²) in [5, 5.41) is 11.7. The van der Waals surface area contributed by atoms with E-state index >= 15 is 0 Å². The first-order chi connectivity index (χ1) is 12.2. The van der Waals surface area contributed by atoms with Crippen molar-refractivity contribution in [1.29, 1.82) is 0 Å². The van der Waals surface area contributed by atoms with Crippen LogP contribution in [0.3, 0.4) is 0 Å². The molecule has 1 aromatic heterocycles. The van der Waals surface area contributed by atoms with E-state index in [0.717, 1.165) is 16.8 Å². The zero-order valence-corrected chi connectivity index (χ0v) is 17.0. The fourth-order valence-corrected chi connectivity index (χ4v) is 2.81. The molecule has 0 aliphatic heterocycles. The summed E-state index contributed by atoms with van der Waals surface area (Å²) >= 11 is 6.38. The lowest BCUT2D eigenvalue weighted by Crippen LogP contribution is -2.32. The van der Waals surface area contributed by atoms with Gasteiger partial charge < -0.3 is 10.6 Å². The van der Waals surface area contributed by atoms with Crippen molar-refractivity contribution in [2.75, 3.05) is 6.54 Å². The van der Waals surface area contributed by atoms with Crippen LogP contribution in [0.2, 0.25) is 5.02 Å². The minimum absolute atomic E-state index is 0.0595. The number of rotatable bonds is 7. The first kappa shape index (κ1) is 20.5. The molecule has 5 nitrogen and oxygen atoms in total. The van der Waals surface area contributed by atoms with Crippen molar-refractivity contribution < 1.29 is 4.79 Å². The molecule has 0 unspecified atom stereocenters. The monoisotopic (exact) mass is 376 g/mol. The topological polar surface area (TPSA) is 59.0 Å². The SMILES string of the molecule is CC(C)NC(=O)CCNCc1cn(C(C)(C)C)nc1-c1ccccc1Cl. The molecule has 6 heteroatoms. The molecule has 0 radical (unpaired) electrons. The minimum Gasteiger partial charge on any atom is -0.354 e. The van der Waals surface area contributed by atoms with Crippen molar-refractivity contribution in [2.45, 2.75) is 59.2 Å². The van der Waals surface area contributed by atoms with Crippen molar-refractivity contribution >= 4 is 17.5 Å². The lowest BCUT2D eigenvalue weighted by Gasteiger charge is -2.18. The lowest BCUT2D eigenvalue weighted by atomic mass is 10.1. The largest absolute Gasteiger partial charge is 0.354 e. The van der Waals surface area contributed by atoms with E-state index in [1.54, 1.807) is 0 Å². The predicted molar refractivity (Wildman–Crippen MR) is 107 cm³/mol. The van der Waals surface area contributed by atoms with Gasteiger partial charge >= 0.3 is 0 Å². The maximum absolute atomic E-state index is 11.7. The van der Waals surface area contributed by atoms with E-state index in [0.29, 0.717) is 24.5 Å². The van der Waals surface area contributed by atoms with Crippen LogP contribution >= 0.6 is 11.6 Å². The van der Waals surface area contributed by atoms with Crippen molar-refractivity contribution in [3.63, 3.8) is 0 Å². The molecular weight excluding hydrogens is 348 g/mol. The highest BCUT2D eigenvalue weighted by Crippen LogP contribution is 2.30. The summed E-state index contributed by atoms with van der Waals surface area (Å²) in [6, 6.07) is 7.90. The standard InChI is InChI=1S/C20H29ClN4O/c1-14(2)23-18(26)10-11-22-12-15-13-25(20(3,4)5)24-19(15)16-8-6-7-9-17(16)21/h6-9,13-14,22H,10-12H2,1-5H3,(H,23,26). The van der Waals surface area contributed by atoms with Crippen LogP contribution in [0.4, 0.5) is 0 Å². The van der Waals surface area contributed by atoms with Crippen molar-refractivity contribution in [3.8, 4) is 11.3 Å². The average molecular weight is 377 g/mol. The van der Waals surface area contributed by atoms with E-state index in [4.69, 9.17) is 16.7 Å². The highest BCUT2D eigenvalue weighted by atomic mass is 35.5. The predicted octanol–water partition coefficient (Wildman–Crippen LogP) is 3.96. The highest BCUT2D eigenvalue weighted by Gasteiger charge is 2.20. The smallest absolute Gasteiger partial charge is 0.221 e. The molecule has 0 saturated heterocycles. The first-order valence-electron chi connectivity index (χ1n) is 9.02. The third kappa shape index (κ3) is 5.58. The zero-order valence-electron chi connectivity index (χ0n) is 16.3. The summed E-state index contributed by atoms with van der Waals surface area (Å²) in [6.07, 6.45) is 2.51. The van der Waals surface area contributed by atoms with Crippen molar-refractivity contribution in [1.82, 2.24) is 20.4 Å². The molecule has 142 valence electrons. The summed E-state index contributed by atoms with van der Waals surface area (Å²) < 4.78 is 1.97. The minimum atomic E-state index is -0.120. The second-order valence-electron chi connectivity index (χ2n) is 7.75. The van der Waals surface area contributed by atoms with Gasteiger partial charge in [-0.2, -0.15) is 5.10 Å². The molecule has 2 rings (SSSR count). The van der Waals surface area contributed by atoms with Gasteiger partial charge in [0.1, 0.15) is 0 Å². The number of hydrogen-bond acceptors (Lipinski definition) is 3. The number of nitrogens with one attached hydrogen (secondary N) is 2. The molecule has 26 heavy (non-hydrogen) atoms. The maximum Gasteiger partial charge on any atom is 0.221 e. The lowest BCUT2D eigenvalue weighted by molar-refractivity contribution is -0.121. The molecule has 0 fully saturated rings. The third-order valence-electron chi connectivity index (χ3n) is 3.90. The van der Waals surface area contributed by atoms with Gasteiger partial charge in [-0.25, -0.2) is 0 Å². The van der Waals surface area contributed by atoms with Crippen LogP contribution in [0.25, 0.3) is 11.3 Å². The van der Waals surface area contributed by atoms with Crippen molar-refractivity contribution in [2.24, 2.45) is 0 Å². The van der Waals surface area contributed by atoms with Gasteiger partial charge in [0.15, 0.2) is 0 Å². The Hall–Kier alpha value is -1.85. The first-order valence-corrected chi connectivity index (χ1v) is 9.40. The number of aromatic nitrogens is 2. The Balaban J connectivity index is 2.13. The van der Waals surface area contributed by atoms with E-state index < -0.39 is 0 Å². The summed E-state index contributed by atoms with van der Waals surface area (Å²) in [5.41, 5.74) is 2.75. The quantitative estimate of drug-likeness (QED) is 0.719. The molecule has 0 atom stereocenters. The van der Waals surface area contributed by atoms with E-state index in [9.17, 15) is 4.79 Å². The second kappa shape index (κ2) is 8.69. The number of hydrogen-bond donors (Lipinski definition) is 2. The maximum atomic E-state index is 11.7. The number of halogens is 1. The van der Waals surface area contributed by atoms with E-state index in [-0.39, 0.29) is 17.5 Å². The Morgan fingerprint density at radius 1 is 1.27 bits per heavy atom. The van der Waals surface area contributed by atoms with Crippen LogP contribution in [-0.2, 0) is 16.9 Å². The molecular formula is C20H29ClN4O. The van der Waals surface area contributed by atoms with E-state index in [2.05, 4.69) is 37.6 Å². The molecule has 0 saturated carbocycles. The molecule has 2 N–H and O–H groups in total. The summed E-state index contributed by atoms with van der Waals surface area (Å²) in [4.78, 5) is 11.7. The normalized spacial score (nSPS) is 11.8. The number of nitrogens with zero attached hydrogens (tertiary/aromatic N) is 2. The Bertz CT molecular complexity index is 747. The molecule has 1 heterocycles. The highest BCUT2D eigenvalue weighted by molar-refractivity contribution is 6.33. The van der Waals surface area contributed by atoms with Gasteiger partial charge in [-0.05, 0) is 40.7 Å². The Labute approximate surface area is 161 Å². The molecule has 0 spiro atoms. The van der Waals surface area contributed by atoms with Crippen LogP contribution in [0.1, 0.15) is 46.6 Å². The Kier molecular flexibility index (Phi) is 6.84. The van der Waals surface area contributed by atoms with Crippen LogP contribution in [-0.4, -0.2) is 28.3 Å². The van der Waals surface area contributed by atoms with Crippen LogP contribution in [0, 0.1) is 0 Å². The molecule has 1 amide bonds. The van der Waals surface area contributed by atoms with Gasteiger partial charge in [0.2, 0.25) is 5.91 Å². The van der Waals surface area contributed by atoms with Gasteiger partial charge in [0, 0.05) is 42.9 Å². The number of benzene rings is 1. The molecule has 2 aromatic rings. The van der Waals surface area contributed by atoms with Crippen LogP contribution in [0.5, 0.6) is 0 Å². The second-order valence-corrected chi connectivity index (χ2v) is 8.15. The van der Waals surface area contributed by atoms with E-state index in [1.807, 2.05) is 42.8 Å². The van der Waals surface area contributed by atoms with E-state index in [1.165, 1.54) is 0 Å². The number of amides is 1. The Morgan fingerprint density at radius 2 is 1.96 bits per heavy atom. The summed E-state index contributed by atoms with van der Waals surface area (Å²) in [5.74, 6) is 0.0595. The molecule has 0 aliphatic rings. The van der Waals surface area contributed by atoms with Crippen molar-refractivity contribution in [3.05, 3.63) is 41.0 Å². The zero-order chi connectivity index (χ0) is 19.3. The summed E-state index contributed by atoms with van der Waals surface area (Å²) in [6.45, 7) is 11.5. The van der Waals surface area contributed by atoms with Gasteiger partial charge in [-0.1, -0.05) is 29.8 Å². The van der Waals surface area contributed by atoms with Crippen LogP contribution in [0.15, 0.2) is 30.5 Å². The van der Waals surface area contributed by atoms with Gasteiger partial charge in [-0.3, -0.25) is 9.48 Å². The van der Waals surface area contributed by atoms with Gasteiger partial charge in [0.25, 0.3) is 0 Å². The van der Waals surface area contributed by atoms with Crippen LogP contribution < -0.4 is 10.6 Å². The molecule has 0 aliphatic carbocycles. The van der Waals surface area contributed by atoms with Gasteiger partial charge in [0.05, 0.1) is 16.3 Å². The molecule has 1 aromatic carbocycles. The Morgan fingerprint density at radius 3 is 2.58 bits per heavy atom. The van der Waals surface area contributed by atoms with Gasteiger partial charge in [-0.15, -0.1) is 0 Å². The fourth-order valence-electron chi connectivity index (χ4n) is 2.58.